The normalized spacial score (nSPS) is 17.2. The highest BCUT2D eigenvalue weighted by Gasteiger charge is 2.47. The van der Waals surface area contributed by atoms with E-state index in [1.807, 2.05) is 0 Å². The summed E-state index contributed by atoms with van der Waals surface area (Å²) in [5, 5.41) is 21.3. The summed E-state index contributed by atoms with van der Waals surface area (Å²) in [7, 11) is 2.65. The molecule has 174 valence electrons. The molecule has 2 N–H and O–H groups in total. The summed E-state index contributed by atoms with van der Waals surface area (Å²) >= 11 is 6.19. The maximum Gasteiger partial charge on any atom is 0.300 e. The van der Waals surface area contributed by atoms with E-state index in [4.69, 9.17) is 21.1 Å². The molecule has 0 radical (unpaired) electrons. The van der Waals surface area contributed by atoms with Crippen LogP contribution in [0, 0.1) is 5.82 Å². The van der Waals surface area contributed by atoms with Gasteiger partial charge < -0.3 is 19.7 Å². The molecule has 1 atom stereocenters. The van der Waals surface area contributed by atoms with Crippen molar-refractivity contribution < 1.29 is 33.7 Å². The molecular formula is C25H19ClFNO6. The van der Waals surface area contributed by atoms with E-state index < -0.39 is 29.3 Å². The number of ketones is 1. The second kappa shape index (κ2) is 9.07. The number of Topliss-reactive ketones (excluding diaryl/α,β-unsaturated/α-hetero) is 1. The Bertz CT molecular complexity index is 1320. The molecule has 4 rings (SSSR count). The Hall–Kier alpha value is -4.04. The minimum Gasteiger partial charge on any atom is -0.507 e. The molecular weight excluding hydrogens is 465 g/mol. The van der Waals surface area contributed by atoms with Gasteiger partial charge in [0.05, 0.1) is 36.4 Å². The zero-order valence-corrected chi connectivity index (χ0v) is 18.8. The number of methoxy groups -OCH3 is 2. The molecule has 1 aliphatic rings. The van der Waals surface area contributed by atoms with E-state index in [0.29, 0.717) is 5.69 Å². The molecule has 0 spiro atoms. The molecule has 3 aromatic rings. The molecule has 1 amide bonds. The Morgan fingerprint density at radius 3 is 2.32 bits per heavy atom. The first kappa shape index (κ1) is 23.1. The number of nitrogens with zero attached hydrogens (tertiary/aromatic N) is 1. The van der Waals surface area contributed by atoms with Gasteiger partial charge in [-0.2, -0.15) is 0 Å². The maximum atomic E-state index is 14.0. The zero-order valence-electron chi connectivity index (χ0n) is 18.1. The standard InChI is InChI=1S/C25H19ClFNO6/c1-33-18-9-8-14(27)12-16(18)22(29)20-21(13-10-17(26)23(30)19(11-13)34-2)28(25(32)24(20)31)15-6-4-3-5-7-15/h3-12,21,29-30H,1-2H3/b22-20+. The smallest absolute Gasteiger partial charge is 0.300 e. The molecule has 7 nitrogen and oxygen atoms in total. The largest absolute Gasteiger partial charge is 0.507 e. The van der Waals surface area contributed by atoms with Crippen molar-refractivity contribution in [2.75, 3.05) is 19.1 Å². The van der Waals surface area contributed by atoms with Gasteiger partial charge in [-0.05, 0) is 48.0 Å². The number of aromatic hydroxyl groups is 1. The van der Waals surface area contributed by atoms with Crippen molar-refractivity contribution in [3.05, 3.63) is 88.2 Å². The number of aliphatic hydroxyl groups excluding tert-OH is 1. The third kappa shape index (κ3) is 3.82. The molecule has 1 heterocycles. The Morgan fingerprint density at radius 2 is 1.68 bits per heavy atom. The van der Waals surface area contributed by atoms with Crippen LogP contribution in [0.25, 0.3) is 5.76 Å². The minimum atomic E-state index is -1.16. The highest BCUT2D eigenvalue weighted by Crippen LogP contribution is 2.46. The van der Waals surface area contributed by atoms with Gasteiger partial charge in [0.2, 0.25) is 0 Å². The number of anilines is 1. The molecule has 34 heavy (non-hydrogen) atoms. The molecule has 1 fully saturated rings. The second-order valence-electron chi connectivity index (χ2n) is 7.40. The van der Waals surface area contributed by atoms with Crippen molar-refractivity contribution in [1.29, 1.82) is 0 Å². The molecule has 9 heteroatoms. The Morgan fingerprint density at radius 1 is 1.00 bits per heavy atom. The molecule has 0 saturated carbocycles. The topological polar surface area (TPSA) is 96.3 Å². The van der Waals surface area contributed by atoms with Crippen LogP contribution in [0.4, 0.5) is 10.1 Å². The van der Waals surface area contributed by atoms with Gasteiger partial charge in [-0.25, -0.2) is 4.39 Å². The van der Waals surface area contributed by atoms with E-state index >= 15 is 0 Å². The van der Waals surface area contributed by atoms with Gasteiger partial charge in [0.25, 0.3) is 11.7 Å². The van der Waals surface area contributed by atoms with Crippen molar-refractivity contribution in [1.82, 2.24) is 0 Å². The van der Waals surface area contributed by atoms with Gasteiger partial charge >= 0.3 is 0 Å². The van der Waals surface area contributed by atoms with Gasteiger partial charge in [-0.3, -0.25) is 14.5 Å². The van der Waals surface area contributed by atoms with E-state index in [9.17, 15) is 24.2 Å². The maximum absolute atomic E-state index is 14.0. The van der Waals surface area contributed by atoms with Gasteiger partial charge in [0.15, 0.2) is 11.5 Å². The lowest BCUT2D eigenvalue weighted by Crippen LogP contribution is -2.29. The van der Waals surface area contributed by atoms with Crippen LogP contribution in [-0.2, 0) is 9.59 Å². The summed E-state index contributed by atoms with van der Waals surface area (Å²) in [4.78, 5) is 27.6. The summed E-state index contributed by atoms with van der Waals surface area (Å²) in [5.74, 6) is -3.41. The lowest BCUT2D eigenvalue weighted by atomic mass is 9.94. The average Bonchev–Trinajstić information content (AvgIpc) is 3.11. The predicted molar refractivity (Wildman–Crippen MR) is 124 cm³/mol. The van der Waals surface area contributed by atoms with E-state index in [1.165, 1.54) is 37.3 Å². The molecule has 0 aliphatic carbocycles. The summed E-state index contributed by atoms with van der Waals surface area (Å²) in [6, 6.07) is 13.4. The number of aliphatic hydroxyl groups is 1. The number of ether oxygens (including phenoxy) is 2. The molecule has 0 bridgehead atoms. The van der Waals surface area contributed by atoms with Gasteiger partial charge in [-0.1, -0.05) is 29.8 Å². The van der Waals surface area contributed by atoms with Crippen LogP contribution in [0.15, 0.2) is 66.2 Å². The summed E-state index contributed by atoms with van der Waals surface area (Å²) in [6.45, 7) is 0. The number of amides is 1. The van der Waals surface area contributed by atoms with Gasteiger partial charge in [0, 0.05) is 5.69 Å². The number of phenols is 1. The number of para-hydroxylation sites is 1. The van der Waals surface area contributed by atoms with Crippen molar-refractivity contribution in [2.24, 2.45) is 0 Å². The van der Waals surface area contributed by atoms with Crippen LogP contribution in [0.1, 0.15) is 17.2 Å². The number of benzene rings is 3. The van der Waals surface area contributed by atoms with Gasteiger partial charge in [-0.15, -0.1) is 0 Å². The monoisotopic (exact) mass is 483 g/mol. The van der Waals surface area contributed by atoms with Crippen molar-refractivity contribution in [2.45, 2.75) is 6.04 Å². The predicted octanol–water partition coefficient (Wildman–Crippen LogP) is 4.83. The van der Waals surface area contributed by atoms with Crippen molar-refractivity contribution in [3.8, 4) is 17.2 Å². The fraction of sp³-hybridized carbons (Fsp3) is 0.120. The first-order valence-corrected chi connectivity index (χ1v) is 10.4. The zero-order chi connectivity index (χ0) is 24.6. The molecule has 0 aromatic heterocycles. The quantitative estimate of drug-likeness (QED) is 0.306. The third-order valence-corrected chi connectivity index (χ3v) is 5.77. The first-order chi connectivity index (χ1) is 16.3. The average molecular weight is 484 g/mol. The van der Waals surface area contributed by atoms with Crippen LogP contribution in [0.2, 0.25) is 5.02 Å². The molecule has 1 aliphatic heterocycles. The number of hydrogen-bond donors (Lipinski definition) is 2. The Kier molecular flexibility index (Phi) is 6.17. The van der Waals surface area contributed by atoms with Crippen LogP contribution in [0.3, 0.4) is 0 Å². The van der Waals surface area contributed by atoms with E-state index in [0.717, 1.165) is 12.1 Å². The molecule has 1 saturated heterocycles. The van der Waals surface area contributed by atoms with E-state index in [-0.39, 0.29) is 39.0 Å². The lowest BCUT2D eigenvalue weighted by Gasteiger charge is -2.26. The summed E-state index contributed by atoms with van der Waals surface area (Å²) in [6.07, 6.45) is 0. The SMILES string of the molecule is COc1ccc(F)cc1/C(O)=C1\C(=O)C(=O)N(c2ccccc2)C1c1cc(Cl)c(O)c(OC)c1. The summed E-state index contributed by atoms with van der Waals surface area (Å²) in [5.41, 5.74) is 0.250. The van der Waals surface area contributed by atoms with Crippen molar-refractivity contribution in [3.63, 3.8) is 0 Å². The molecule has 1 unspecified atom stereocenters. The highest BCUT2D eigenvalue weighted by molar-refractivity contribution is 6.51. The highest BCUT2D eigenvalue weighted by atomic mass is 35.5. The third-order valence-electron chi connectivity index (χ3n) is 5.48. The molecule has 3 aromatic carbocycles. The Balaban J connectivity index is 2.04. The van der Waals surface area contributed by atoms with E-state index in [1.54, 1.807) is 30.3 Å². The number of hydrogen-bond acceptors (Lipinski definition) is 6. The minimum absolute atomic E-state index is 0.00415. The number of phenolic OH excluding ortho intramolecular Hbond substituents is 1. The van der Waals surface area contributed by atoms with Crippen LogP contribution in [0.5, 0.6) is 17.2 Å². The van der Waals surface area contributed by atoms with E-state index in [2.05, 4.69) is 0 Å². The van der Waals surface area contributed by atoms with Crippen molar-refractivity contribution >= 4 is 34.7 Å². The van der Waals surface area contributed by atoms with Crippen LogP contribution < -0.4 is 14.4 Å². The van der Waals surface area contributed by atoms with Gasteiger partial charge in [0.1, 0.15) is 17.3 Å². The lowest BCUT2D eigenvalue weighted by molar-refractivity contribution is -0.132. The summed E-state index contributed by atoms with van der Waals surface area (Å²) < 4.78 is 24.5. The second-order valence-corrected chi connectivity index (χ2v) is 7.81. The number of carbonyl (C=O) groups is 2. The van der Waals surface area contributed by atoms with Crippen LogP contribution in [-0.4, -0.2) is 36.1 Å². The Labute approximate surface area is 199 Å². The van der Waals surface area contributed by atoms with Crippen LogP contribution >= 0.6 is 11.6 Å². The number of halogens is 2. The fourth-order valence-corrected chi connectivity index (χ4v) is 4.14. The first-order valence-electron chi connectivity index (χ1n) is 10.0. The fourth-order valence-electron chi connectivity index (χ4n) is 3.92. The number of rotatable bonds is 5. The number of carbonyl (C=O) groups excluding carboxylic acids is 2.